The Morgan fingerprint density at radius 3 is 1.88 bits per heavy atom. The van der Waals surface area contributed by atoms with Crippen LogP contribution in [0.5, 0.6) is 17.2 Å². The molecule has 0 aromatic heterocycles. The maximum atomic E-state index is 14.6. The fourth-order valence-corrected chi connectivity index (χ4v) is 16.9. The summed E-state index contributed by atoms with van der Waals surface area (Å²) >= 11 is 1.66. The number of ether oxygens (including phenoxy) is 7. The zero-order valence-corrected chi connectivity index (χ0v) is 50.3. The van der Waals surface area contributed by atoms with Crippen molar-refractivity contribution >= 4 is 52.8 Å². The van der Waals surface area contributed by atoms with Gasteiger partial charge in [0.15, 0.2) is 32.4 Å². The first kappa shape index (κ1) is 59.2. The Balaban J connectivity index is 1.56. The Morgan fingerprint density at radius 1 is 0.778 bits per heavy atom. The molecule has 14 heteroatoms. The van der Waals surface area contributed by atoms with E-state index in [-0.39, 0.29) is 51.4 Å². The number of rotatable bonds is 25. The van der Waals surface area contributed by atoms with Crippen molar-refractivity contribution in [2.24, 2.45) is 0 Å². The van der Waals surface area contributed by atoms with Crippen molar-refractivity contribution in [1.82, 2.24) is 0 Å². The van der Waals surface area contributed by atoms with Crippen molar-refractivity contribution in [3.63, 3.8) is 0 Å². The minimum Gasteiger partial charge on any atom is -0.493 e. The van der Waals surface area contributed by atoms with E-state index in [0.717, 1.165) is 10.9 Å². The van der Waals surface area contributed by atoms with Crippen LogP contribution in [0.3, 0.4) is 0 Å². The summed E-state index contributed by atoms with van der Waals surface area (Å²) in [7, 11) is -2.06. The molecule has 1 fully saturated rings. The summed E-state index contributed by atoms with van der Waals surface area (Å²) in [6, 6.07) is 34.5. The summed E-state index contributed by atoms with van der Waals surface area (Å²) in [5.41, 5.74) is 0.981. The minimum atomic E-state index is -2.80. The molecule has 4 aromatic rings. The molecule has 0 spiro atoms. The summed E-state index contributed by atoms with van der Waals surface area (Å²) < 4.78 is 58.3. The second-order valence-corrected chi connectivity index (χ2v) is 39.0. The summed E-state index contributed by atoms with van der Waals surface area (Å²) in [5.74, 6) is -0.454. The first-order chi connectivity index (χ1) is 33.8. The van der Waals surface area contributed by atoms with Gasteiger partial charge in [0, 0.05) is 31.4 Å². The SMILES string of the molecule is COCOc1c(OC)c(OC)cc(C(CC[C@@H]2OC(C)(C)O[C@@H]2C(/C=C\CC(C)O[Si](c2ccccc2)(c2ccccc2)C(C)(C)C)O[Si](C)(C)C(C)(C)C)Sc2ccccc2)c1C(=O)OCC[Si](C)(C)C. The van der Waals surface area contributed by atoms with Gasteiger partial charge in [-0.25, -0.2) is 4.79 Å². The van der Waals surface area contributed by atoms with Crippen LogP contribution in [0.25, 0.3) is 0 Å². The average molecular weight is 1060 g/mol. The number of carbonyl (C=O) groups is 1. The molecule has 1 saturated heterocycles. The Bertz CT molecular complexity index is 2300. The molecule has 4 aromatic carbocycles. The van der Waals surface area contributed by atoms with E-state index in [0.29, 0.717) is 37.2 Å². The highest BCUT2D eigenvalue weighted by Gasteiger charge is 2.52. The largest absolute Gasteiger partial charge is 0.493 e. The lowest BCUT2D eigenvalue weighted by atomic mass is 9.95. The number of hydrogen-bond acceptors (Lipinski definition) is 11. The van der Waals surface area contributed by atoms with Crippen LogP contribution in [-0.2, 0) is 27.8 Å². The van der Waals surface area contributed by atoms with Gasteiger partial charge in [0.05, 0.1) is 33.0 Å². The Morgan fingerprint density at radius 2 is 1.36 bits per heavy atom. The lowest BCUT2D eigenvalue weighted by molar-refractivity contribution is -0.152. The molecule has 1 aliphatic rings. The van der Waals surface area contributed by atoms with E-state index in [1.165, 1.54) is 24.6 Å². The highest BCUT2D eigenvalue weighted by atomic mass is 32.2. The Labute approximate surface area is 440 Å². The number of hydrogen-bond donors (Lipinski definition) is 0. The van der Waals surface area contributed by atoms with Crippen LogP contribution < -0.4 is 24.6 Å². The van der Waals surface area contributed by atoms with Gasteiger partial charge in [-0.3, -0.25) is 0 Å². The van der Waals surface area contributed by atoms with Crippen LogP contribution in [0, 0.1) is 0 Å². The molecule has 10 nitrogen and oxygen atoms in total. The van der Waals surface area contributed by atoms with Crippen molar-refractivity contribution < 1.29 is 46.8 Å². The van der Waals surface area contributed by atoms with Gasteiger partial charge in [-0.15, -0.1) is 11.8 Å². The predicted octanol–water partition coefficient (Wildman–Crippen LogP) is 13.6. The van der Waals surface area contributed by atoms with Gasteiger partial charge in [-0.05, 0) is 103 Å². The van der Waals surface area contributed by atoms with Crippen LogP contribution >= 0.6 is 11.8 Å². The third kappa shape index (κ3) is 15.2. The molecule has 5 rings (SSSR count). The van der Waals surface area contributed by atoms with E-state index < -0.39 is 48.7 Å². The Kier molecular flexibility index (Phi) is 20.7. The highest BCUT2D eigenvalue weighted by Crippen LogP contribution is 2.50. The number of benzene rings is 4. The smallest absolute Gasteiger partial charge is 0.342 e. The molecule has 1 heterocycles. The molecular formula is C58H86O10SSi3. The first-order valence-electron chi connectivity index (χ1n) is 25.6. The van der Waals surface area contributed by atoms with E-state index in [1.807, 2.05) is 38.1 Å². The standard InChI is InChI=1S/C58H86O10SSi3/c1-42(67-72(57(5,6)7,44-31-23-19-24-32-44)45-33-25-20-26-34-45)28-27-35-48(68-71(16,17)56(2,3)4)52-47(65-58(8,9)66-52)36-37-50(69-43-29-21-18-22-30-43)46-40-49(61-11)53(62-12)54(64-41-60-10)51(46)55(59)63-38-39-70(13,14)15/h18-27,29-35,40,42,47-48,50,52H,28,36-39,41H2,1-17H3/b35-27-/t42?,47-,48?,50?,52-/m0/s1. The maximum absolute atomic E-state index is 14.6. The lowest BCUT2D eigenvalue weighted by Gasteiger charge is -2.44. The van der Waals surface area contributed by atoms with E-state index in [2.05, 4.69) is 166 Å². The molecular weight excluding hydrogens is 973 g/mol. The maximum Gasteiger partial charge on any atom is 0.342 e. The molecule has 0 aliphatic carbocycles. The van der Waals surface area contributed by atoms with Crippen LogP contribution in [-0.4, -0.2) is 95.6 Å². The highest BCUT2D eigenvalue weighted by molar-refractivity contribution is 7.99. The van der Waals surface area contributed by atoms with Gasteiger partial charge in [-0.1, -0.05) is 152 Å². The van der Waals surface area contributed by atoms with E-state index in [9.17, 15) is 4.79 Å². The Hall–Kier alpha value is -3.71. The molecule has 1 aliphatic heterocycles. The topological polar surface area (TPSA) is 100 Å². The first-order valence-corrected chi connectivity index (χ1v) is 35.0. The van der Waals surface area contributed by atoms with Crippen LogP contribution in [0.15, 0.2) is 114 Å². The van der Waals surface area contributed by atoms with Gasteiger partial charge < -0.3 is 42.0 Å². The summed E-state index contributed by atoms with van der Waals surface area (Å²) in [5, 5.41) is 1.97. The second kappa shape index (κ2) is 25.2. The van der Waals surface area contributed by atoms with Crippen molar-refractivity contribution in [2.45, 2.75) is 171 Å². The van der Waals surface area contributed by atoms with E-state index in [1.54, 1.807) is 18.9 Å². The van der Waals surface area contributed by atoms with Gasteiger partial charge in [0.1, 0.15) is 11.7 Å². The lowest BCUT2D eigenvalue weighted by Crippen LogP contribution is -2.67. The third-order valence-corrected chi connectivity index (χ3v) is 26.4. The predicted molar refractivity (Wildman–Crippen MR) is 303 cm³/mol. The molecule has 0 amide bonds. The second-order valence-electron chi connectivity index (χ2n) is 23.1. The van der Waals surface area contributed by atoms with Crippen molar-refractivity contribution in [3.05, 3.63) is 120 Å². The van der Waals surface area contributed by atoms with Gasteiger partial charge >= 0.3 is 5.97 Å². The summed E-state index contributed by atoms with van der Waals surface area (Å²) in [4.78, 5) is 15.6. The molecule has 5 atom stereocenters. The fraction of sp³-hybridized carbons (Fsp3) is 0.534. The van der Waals surface area contributed by atoms with Gasteiger partial charge in [-0.2, -0.15) is 0 Å². The minimum absolute atomic E-state index is 0.0727. The molecule has 0 bridgehead atoms. The van der Waals surface area contributed by atoms with Gasteiger partial charge in [0.2, 0.25) is 5.75 Å². The van der Waals surface area contributed by atoms with E-state index >= 15 is 0 Å². The van der Waals surface area contributed by atoms with Crippen LogP contribution in [0.1, 0.15) is 103 Å². The monoisotopic (exact) mass is 1060 g/mol. The number of esters is 1. The van der Waals surface area contributed by atoms with Crippen LogP contribution in [0.4, 0.5) is 0 Å². The molecule has 0 radical (unpaired) electrons. The number of methoxy groups -OCH3 is 3. The summed E-state index contributed by atoms with van der Waals surface area (Å²) in [6.07, 6.45) is 4.89. The van der Waals surface area contributed by atoms with Crippen LogP contribution in [0.2, 0.25) is 48.9 Å². The molecule has 3 unspecified atom stereocenters. The van der Waals surface area contributed by atoms with Crippen molar-refractivity contribution in [2.75, 3.05) is 34.7 Å². The van der Waals surface area contributed by atoms with Crippen molar-refractivity contribution in [3.8, 4) is 17.2 Å². The third-order valence-electron chi connectivity index (χ3n) is 13.7. The van der Waals surface area contributed by atoms with E-state index in [4.69, 9.17) is 42.0 Å². The number of thioether (sulfide) groups is 1. The normalized spacial score (nSPS) is 17.9. The van der Waals surface area contributed by atoms with Gasteiger partial charge in [0.25, 0.3) is 8.32 Å². The zero-order valence-electron chi connectivity index (χ0n) is 46.5. The number of carbonyl (C=O) groups excluding carboxylic acids is 1. The molecule has 0 saturated carbocycles. The molecule has 0 N–H and O–H groups in total. The molecule has 72 heavy (non-hydrogen) atoms. The molecule has 396 valence electrons. The quantitative estimate of drug-likeness (QED) is 0.0209. The fourth-order valence-electron chi connectivity index (χ4n) is 9.02. The average Bonchev–Trinajstić information content (AvgIpc) is 3.63. The van der Waals surface area contributed by atoms with Crippen molar-refractivity contribution in [1.29, 1.82) is 0 Å². The summed E-state index contributed by atoms with van der Waals surface area (Å²) in [6.45, 7) is 31.4. The zero-order chi connectivity index (χ0) is 53.1.